The molecule has 2 N–H and O–H groups in total. The Kier molecular flexibility index (Phi) is 7.07. The standard InChI is InChI=1S/C24H20ClF2NO7S/c1-33-23-17(25)7-13(24(30)34-2)8-21(23)36(31,32)28-20-9-16(18(26)10-19(20)27)15-5-3-4-12-6-14(11-29)35-22(12)15/h3-5,7-10,14,28-29H,6,11H2,1-2H3. The number of para-hydroxylation sites is 1. The van der Waals surface area contributed by atoms with Gasteiger partial charge in [0.1, 0.15) is 28.4 Å². The molecule has 36 heavy (non-hydrogen) atoms. The SMILES string of the molecule is COC(=O)c1cc(Cl)c(OC)c(S(=O)(=O)Nc2cc(-c3cccc4c3OC(CO)C4)c(F)cc2F)c1. The van der Waals surface area contributed by atoms with E-state index in [2.05, 4.69) is 9.46 Å². The summed E-state index contributed by atoms with van der Waals surface area (Å²) in [5.74, 6) is -2.96. The molecule has 0 fully saturated rings. The Hall–Kier alpha value is -3.41. The van der Waals surface area contributed by atoms with E-state index in [1.54, 1.807) is 12.1 Å². The third kappa shape index (κ3) is 4.69. The molecular formula is C24H20ClF2NO7S. The van der Waals surface area contributed by atoms with Crippen molar-refractivity contribution in [2.75, 3.05) is 25.5 Å². The molecule has 3 aromatic carbocycles. The maximum Gasteiger partial charge on any atom is 0.337 e. The van der Waals surface area contributed by atoms with Crippen LogP contribution in [0.3, 0.4) is 0 Å². The first-order valence-electron chi connectivity index (χ1n) is 10.5. The Labute approximate surface area is 210 Å². The van der Waals surface area contributed by atoms with E-state index in [4.69, 9.17) is 21.1 Å². The molecule has 0 saturated carbocycles. The Morgan fingerprint density at radius 3 is 2.58 bits per heavy atom. The number of fused-ring (bicyclic) bond motifs is 1. The molecule has 1 aliphatic heterocycles. The van der Waals surface area contributed by atoms with Crippen LogP contribution >= 0.6 is 11.6 Å². The molecule has 1 heterocycles. The van der Waals surface area contributed by atoms with Gasteiger partial charge in [-0.25, -0.2) is 22.0 Å². The summed E-state index contributed by atoms with van der Waals surface area (Å²) < 4.78 is 73.6. The van der Waals surface area contributed by atoms with Crippen LogP contribution in [-0.4, -0.2) is 46.4 Å². The average molecular weight is 540 g/mol. The van der Waals surface area contributed by atoms with Gasteiger partial charge in [0.15, 0.2) is 5.75 Å². The van der Waals surface area contributed by atoms with Crippen molar-refractivity contribution in [1.29, 1.82) is 0 Å². The number of nitrogens with one attached hydrogen (secondary N) is 1. The number of sulfonamides is 1. The molecule has 0 saturated heterocycles. The van der Waals surface area contributed by atoms with Crippen molar-refractivity contribution in [1.82, 2.24) is 0 Å². The van der Waals surface area contributed by atoms with Crippen LogP contribution in [0.5, 0.6) is 11.5 Å². The highest BCUT2D eigenvalue weighted by molar-refractivity contribution is 7.92. The molecule has 0 radical (unpaired) electrons. The third-order valence-electron chi connectivity index (χ3n) is 5.55. The number of ether oxygens (including phenoxy) is 3. The van der Waals surface area contributed by atoms with Gasteiger partial charge in [-0.2, -0.15) is 0 Å². The summed E-state index contributed by atoms with van der Waals surface area (Å²) >= 11 is 6.10. The van der Waals surface area contributed by atoms with E-state index in [1.165, 1.54) is 13.2 Å². The van der Waals surface area contributed by atoms with Gasteiger partial charge in [-0.3, -0.25) is 4.72 Å². The highest BCUT2D eigenvalue weighted by Gasteiger charge is 2.29. The first-order chi connectivity index (χ1) is 17.1. The van der Waals surface area contributed by atoms with Crippen LogP contribution in [0, 0.1) is 11.6 Å². The number of carbonyl (C=O) groups is 1. The highest BCUT2D eigenvalue weighted by atomic mass is 35.5. The molecule has 0 spiro atoms. The first kappa shape index (κ1) is 25.7. The minimum atomic E-state index is -4.60. The Bertz CT molecular complexity index is 1460. The van der Waals surface area contributed by atoms with Gasteiger partial charge in [-0.1, -0.05) is 29.8 Å². The van der Waals surface area contributed by atoms with Crippen molar-refractivity contribution in [3.63, 3.8) is 0 Å². The molecule has 190 valence electrons. The number of benzene rings is 3. The van der Waals surface area contributed by atoms with Crippen LogP contribution in [0.15, 0.2) is 47.4 Å². The molecule has 3 aromatic rings. The summed E-state index contributed by atoms with van der Waals surface area (Å²) in [5.41, 5.74) is 0.103. The molecule has 0 aromatic heterocycles. The second kappa shape index (κ2) is 9.92. The highest BCUT2D eigenvalue weighted by Crippen LogP contribution is 2.41. The minimum absolute atomic E-state index is 0.127. The van der Waals surface area contributed by atoms with Crippen LogP contribution in [0.2, 0.25) is 5.02 Å². The maximum atomic E-state index is 14.9. The minimum Gasteiger partial charge on any atom is -0.494 e. The van der Waals surface area contributed by atoms with Crippen LogP contribution in [-0.2, 0) is 21.2 Å². The van der Waals surface area contributed by atoms with Gasteiger partial charge < -0.3 is 19.3 Å². The van der Waals surface area contributed by atoms with Gasteiger partial charge in [0.05, 0.1) is 37.1 Å². The van der Waals surface area contributed by atoms with Crippen molar-refractivity contribution in [2.45, 2.75) is 17.4 Å². The molecular weight excluding hydrogens is 520 g/mol. The lowest BCUT2D eigenvalue weighted by molar-refractivity contribution is 0.0600. The van der Waals surface area contributed by atoms with Gasteiger partial charge >= 0.3 is 5.97 Å². The number of carbonyl (C=O) groups excluding carboxylic acids is 1. The first-order valence-corrected chi connectivity index (χ1v) is 12.3. The van der Waals surface area contributed by atoms with Crippen molar-refractivity contribution in [3.8, 4) is 22.6 Å². The van der Waals surface area contributed by atoms with Gasteiger partial charge in [0.25, 0.3) is 10.0 Å². The molecule has 0 amide bonds. The summed E-state index contributed by atoms with van der Waals surface area (Å²) in [5, 5.41) is 9.23. The summed E-state index contributed by atoms with van der Waals surface area (Å²) in [6.07, 6.45) is -0.110. The number of aliphatic hydroxyl groups excluding tert-OH is 1. The number of anilines is 1. The van der Waals surface area contributed by atoms with Gasteiger partial charge in [0.2, 0.25) is 0 Å². The fourth-order valence-electron chi connectivity index (χ4n) is 3.89. The van der Waals surface area contributed by atoms with Crippen LogP contribution in [0.4, 0.5) is 14.5 Å². The van der Waals surface area contributed by atoms with E-state index < -0.39 is 44.3 Å². The van der Waals surface area contributed by atoms with E-state index in [0.29, 0.717) is 18.2 Å². The number of methoxy groups -OCH3 is 2. The van der Waals surface area contributed by atoms with E-state index in [9.17, 15) is 27.1 Å². The Morgan fingerprint density at radius 1 is 1.17 bits per heavy atom. The van der Waals surface area contributed by atoms with Crippen molar-refractivity contribution >= 4 is 33.3 Å². The monoisotopic (exact) mass is 539 g/mol. The third-order valence-corrected chi connectivity index (χ3v) is 7.20. The topological polar surface area (TPSA) is 111 Å². The van der Waals surface area contributed by atoms with Crippen molar-refractivity contribution < 1.29 is 41.3 Å². The van der Waals surface area contributed by atoms with E-state index in [1.807, 2.05) is 0 Å². The molecule has 1 unspecified atom stereocenters. The zero-order valence-electron chi connectivity index (χ0n) is 19.0. The molecule has 0 bridgehead atoms. The zero-order valence-corrected chi connectivity index (χ0v) is 20.5. The lowest BCUT2D eigenvalue weighted by atomic mass is 9.99. The zero-order chi connectivity index (χ0) is 26.2. The quantitative estimate of drug-likeness (QED) is 0.433. The van der Waals surface area contributed by atoms with E-state index >= 15 is 0 Å². The average Bonchev–Trinajstić information content (AvgIpc) is 3.28. The van der Waals surface area contributed by atoms with Crippen molar-refractivity contribution in [3.05, 3.63) is 70.2 Å². The fourth-order valence-corrected chi connectivity index (χ4v) is 5.52. The molecule has 8 nitrogen and oxygen atoms in total. The van der Waals surface area contributed by atoms with E-state index in [-0.39, 0.29) is 34.1 Å². The molecule has 1 aliphatic rings. The Balaban J connectivity index is 1.79. The Morgan fingerprint density at radius 2 is 1.92 bits per heavy atom. The van der Waals surface area contributed by atoms with E-state index in [0.717, 1.165) is 30.9 Å². The smallest absolute Gasteiger partial charge is 0.337 e. The van der Waals surface area contributed by atoms with Crippen LogP contribution < -0.4 is 14.2 Å². The second-order valence-corrected chi connectivity index (χ2v) is 9.88. The largest absolute Gasteiger partial charge is 0.494 e. The predicted octanol–water partition coefficient (Wildman–Crippen LogP) is 4.18. The second-order valence-electron chi connectivity index (χ2n) is 7.82. The van der Waals surface area contributed by atoms with Crippen LogP contribution in [0.25, 0.3) is 11.1 Å². The number of rotatable bonds is 7. The predicted molar refractivity (Wildman–Crippen MR) is 127 cm³/mol. The van der Waals surface area contributed by atoms with Crippen molar-refractivity contribution in [2.24, 2.45) is 0 Å². The van der Waals surface area contributed by atoms with Gasteiger partial charge in [0, 0.05) is 23.6 Å². The summed E-state index contributed by atoms with van der Waals surface area (Å²) in [6, 6.07) is 8.60. The maximum absolute atomic E-state index is 14.9. The summed E-state index contributed by atoms with van der Waals surface area (Å²) in [7, 11) is -2.32. The number of aliphatic hydroxyl groups is 1. The lowest BCUT2D eigenvalue weighted by Crippen LogP contribution is -2.17. The summed E-state index contributed by atoms with van der Waals surface area (Å²) in [6.45, 7) is -0.250. The summed E-state index contributed by atoms with van der Waals surface area (Å²) in [4.78, 5) is 11.4. The molecule has 12 heteroatoms. The number of halogens is 3. The number of esters is 1. The lowest BCUT2D eigenvalue weighted by Gasteiger charge is -2.16. The number of hydrogen-bond donors (Lipinski definition) is 2. The van der Waals surface area contributed by atoms with Crippen LogP contribution in [0.1, 0.15) is 15.9 Å². The molecule has 4 rings (SSSR count). The molecule has 1 atom stereocenters. The van der Waals surface area contributed by atoms with Gasteiger partial charge in [-0.15, -0.1) is 0 Å². The van der Waals surface area contributed by atoms with Gasteiger partial charge in [-0.05, 0) is 23.8 Å². The molecule has 0 aliphatic carbocycles. The fraction of sp³-hybridized carbons (Fsp3) is 0.208. The normalized spacial score (nSPS) is 14.7. The number of hydrogen-bond acceptors (Lipinski definition) is 7.